The first-order chi connectivity index (χ1) is 8.91. The number of carboxylic acid groups (broad SMARTS) is 1. The highest BCUT2D eigenvalue weighted by molar-refractivity contribution is 9.10. The van der Waals surface area contributed by atoms with E-state index >= 15 is 0 Å². The van der Waals surface area contributed by atoms with E-state index in [0.717, 1.165) is 6.20 Å². The largest absolute Gasteiger partial charge is 0.481 e. The van der Waals surface area contributed by atoms with Crippen molar-refractivity contribution in [2.45, 2.75) is 12.8 Å². The number of aliphatic carboxylic acids is 1. The molecule has 1 aromatic carbocycles. The van der Waals surface area contributed by atoms with Gasteiger partial charge in [0.2, 0.25) is 0 Å². The summed E-state index contributed by atoms with van der Waals surface area (Å²) >= 11 is 3.27. The van der Waals surface area contributed by atoms with Gasteiger partial charge in [0.1, 0.15) is 6.20 Å². The van der Waals surface area contributed by atoms with Crippen molar-refractivity contribution in [2.75, 3.05) is 0 Å². The Kier molecular flexibility index (Phi) is 3.48. The zero-order valence-corrected chi connectivity index (χ0v) is 11.4. The summed E-state index contributed by atoms with van der Waals surface area (Å²) in [5, 5.41) is 20.6. The third-order valence-electron chi connectivity index (χ3n) is 2.85. The van der Waals surface area contributed by atoms with E-state index in [2.05, 4.69) is 20.9 Å². The predicted molar refractivity (Wildman–Crippen MR) is 72.1 cm³/mol. The van der Waals surface area contributed by atoms with Gasteiger partial charge in [-0.1, -0.05) is 15.9 Å². The number of aromatic nitrogens is 1. The van der Waals surface area contributed by atoms with Gasteiger partial charge in [0.15, 0.2) is 0 Å². The van der Waals surface area contributed by atoms with E-state index < -0.39 is 16.8 Å². The molecule has 0 bridgehead atoms. The zero-order valence-electron chi connectivity index (χ0n) is 9.83. The van der Waals surface area contributed by atoms with Gasteiger partial charge in [0.05, 0.1) is 21.9 Å². The molecule has 0 fully saturated rings. The molecule has 1 N–H and O–H groups in total. The molecule has 0 aliphatic rings. The number of hydrogen-bond donors (Lipinski definition) is 1. The Morgan fingerprint density at radius 1 is 1.53 bits per heavy atom. The van der Waals surface area contributed by atoms with Crippen molar-refractivity contribution in [2.24, 2.45) is 0 Å². The smallest absolute Gasteiger partial charge is 0.310 e. The van der Waals surface area contributed by atoms with Gasteiger partial charge in [-0.05, 0) is 25.1 Å². The second-order valence-corrected chi connectivity index (χ2v) is 4.95. The molecule has 0 aliphatic heterocycles. The van der Waals surface area contributed by atoms with Crippen LogP contribution in [-0.2, 0) is 4.79 Å². The lowest BCUT2D eigenvalue weighted by atomic mass is 9.96. The summed E-state index contributed by atoms with van der Waals surface area (Å²) in [7, 11) is 0. The van der Waals surface area contributed by atoms with Crippen molar-refractivity contribution in [3.63, 3.8) is 0 Å². The number of nitro groups is 1. The van der Waals surface area contributed by atoms with Crippen molar-refractivity contribution >= 4 is 38.5 Å². The summed E-state index contributed by atoms with van der Waals surface area (Å²) in [6.45, 7) is 1.42. The monoisotopic (exact) mass is 324 g/mol. The molecule has 2 aromatic rings. The number of benzene rings is 1. The van der Waals surface area contributed by atoms with Crippen LogP contribution in [-0.4, -0.2) is 21.0 Å². The van der Waals surface area contributed by atoms with Crippen LogP contribution in [0, 0.1) is 10.1 Å². The van der Waals surface area contributed by atoms with Crippen molar-refractivity contribution in [3.05, 3.63) is 44.5 Å². The molecule has 0 amide bonds. The summed E-state index contributed by atoms with van der Waals surface area (Å²) in [4.78, 5) is 25.6. The highest BCUT2D eigenvalue weighted by Gasteiger charge is 2.27. The van der Waals surface area contributed by atoms with Crippen LogP contribution >= 0.6 is 15.9 Å². The van der Waals surface area contributed by atoms with E-state index in [1.807, 2.05) is 0 Å². The molecule has 19 heavy (non-hydrogen) atoms. The summed E-state index contributed by atoms with van der Waals surface area (Å²) in [5.74, 6) is -2.10. The Labute approximate surface area is 116 Å². The molecule has 6 nitrogen and oxygen atoms in total. The minimum absolute atomic E-state index is 0.170. The second kappa shape index (κ2) is 4.93. The summed E-state index contributed by atoms with van der Waals surface area (Å²) in [6.07, 6.45) is 1.10. The minimum Gasteiger partial charge on any atom is -0.481 e. The quantitative estimate of drug-likeness (QED) is 0.691. The molecule has 0 spiro atoms. The van der Waals surface area contributed by atoms with Crippen LogP contribution in [0.1, 0.15) is 18.4 Å². The van der Waals surface area contributed by atoms with Crippen LogP contribution in [0.2, 0.25) is 0 Å². The molecule has 1 unspecified atom stereocenters. The summed E-state index contributed by atoms with van der Waals surface area (Å²) in [6, 6.07) is 5.07. The normalized spacial score (nSPS) is 12.3. The van der Waals surface area contributed by atoms with Crippen LogP contribution in [0.25, 0.3) is 10.9 Å². The molecule has 0 saturated carbocycles. The van der Waals surface area contributed by atoms with Gasteiger partial charge in [0.25, 0.3) is 5.69 Å². The first-order valence-electron chi connectivity index (χ1n) is 5.37. The Morgan fingerprint density at radius 2 is 2.21 bits per heavy atom. The van der Waals surface area contributed by atoms with Crippen molar-refractivity contribution < 1.29 is 14.8 Å². The van der Waals surface area contributed by atoms with Crippen LogP contribution in [0.5, 0.6) is 0 Å². The van der Waals surface area contributed by atoms with Gasteiger partial charge < -0.3 is 5.11 Å². The summed E-state index contributed by atoms with van der Waals surface area (Å²) in [5.41, 5.74) is 0.418. The lowest BCUT2D eigenvalue weighted by Gasteiger charge is -2.11. The molecule has 98 valence electrons. The van der Waals surface area contributed by atoms with E-state index in [0.29, 0.717) is 15.4 Å². The molecule has 0 saturated heterocycles. The van der Waals surface area contributed by atoms with Crippen LogP contribution in [0.4, 0.5) is 5.69 Å². The number of nitrogens with zero attached hydrogens (tertiary/aromatic N) is 2. The van der Waals surface area contributed by atoms with Gasteiger partial charge in [-0.3, -0.25) is 14.9 Å². The lowest BCUT2D eigenvalue weighted by molar-refractivity contribution is -0.385. The Balaban J connectivity index is 2.86. The maximum atomic E-state index is 11.1. The molecular formula is C12H9BrN2O4. The standard InChI is InChI=1S/C12H9BrN2O4/c1-6(12(16)17)11-8-4-7(13)2-3-9(8)14-5-10(11)15(18)19/h2-6H,1H3,(H,16,17). The number of carboxylic acids is 1. The lowest BCUT2D eigenvalue weighted by Crippen LogP contribution is -2.11. The topological polar surface area (TPSA) is 93.3 Å². The van der Waals surface area contributed by atoms with Crippen molar-refractivity contribution in [3.8, 4) is 0 Å². The number of pyridine rings is 1. The first-order valence-corrected chi connectivity index (χ1v) is 6.16. The first kappa shape index (κ1) is 13.4. The number of fused-ring (bicyclic) bond motifs is 1. The van der Waals surface area contributed by atoms with Gasteiger partial charge in [0, 0.05) is 9.86 Å². The molecule has 0 aliphatic carbocycles. The number of halogens is 1. The number of hydrogen-bond acceptors (Lipinski definition) is 4. The molecule has 1 heterocycles. The fraction of sp³-hybridized carbons (Fsp3) is 0.167. The number of rotatable bonds is 3. The van der Waals surface area contributed by atoms with E-state index in [1.165, 1.54) is 6.92 Å². The van der Waals surface area contributed by atoms with E-state index in [4.69, 9.17) is 5.11 Å². The van der Waals surface area contributed by atoms with Gasteiger partial charge in [-0.15, -0.1) is 0 Å². The van der Waals surface area contributed by atoms with Crippen LogP contribution in [0.3, 0.4) is 0 Å². The maximum Gasteiger partial charge on any atom is 0.310 e. The van der Waals surface area contributed by atoms with Gasteiger partial charge >= 0.3 is 5.97 Å². The molecule has 0 radical (unpaired) electrons. The molecule has 1 aromatic heterocycles. The van der Waals surface area contributed by atoms with Gasteiger partial charge in [-0.25, -0.2) is 4.98 Å². The van der Waals surface area contributed by atoms with Crippen molar-refractivity contribution in [1.82, 2.24) is 4.98 Å². The highest BCUT2D eigenvalue weighted by atomic mass is 79.9. The fourth-order valence-electron chi connectivity index (χ4n) is 1.90. The summed E-state index contributed by atoms with van der Waals surface area (Å²) < 4.78 is 0.709. The Morgan fingerprint density at radius 3 is 2.79 bits per heavy atom. The van der Waals surface area contributed by atoms with E-state index in [9.17, 15) is 14.9 Å². The average Bonchev–Trinajstić information content (AvgIpc) is 2.36. The van der Waals surface area contributed by atoms with E-state index in [1.54, 1.807) is 18.2 Å². The molecule has 2 rings (SSSR count). The Hall–Kier alpha value is -2.02. The molecule has 7 heteroatoms. The maximum absolute atomic E-state index is 11.1. The minimum atomic E-state index is -1.12. The highest BCUT2D eigenvalue weighted by Crippen LogP contribution is 2.34. The fourth-order valence-corrected chi connectivity index (χ4v) is 2.26. The molecular weight excluding hydrogens is 316 g/mol. The van der Waals surface area contributed by atoms with Crippen LogP contribution < -0.4 is 0 Å². The SMILES string of the molecule is CC(C(=O)O)c1c([N+](=O)[O-])cnc2ccc(Br)cc12. The third kappa shape index (κ3) is 2.41. The zero-order chi connectivity index (χ0) is 14.2. The Bertz CT molecular complexity index is 687. The molecule has 1 atom stereocenters. The van der Waals surface area contributed by atoms with Crippen molar-refractivity contribution in [1.29, 1.82) is 0 Å². The number of carbonyl (C=O) groups is 1. The third-order valence-corrected chi connectivity index (χ3v) is 3.34. The van der Waals surface area contributed by atoms with E-state index in [-0.39, 0.29) is 11.3 Å². The van der Waals surface area contributed by atoms with Gasteiger partial charge in [-0.2, -0.15) is 0 Å². The van der Waals surface area contributed by atoms with Crippen LogP contribution in [0.15, 0.2) is 28.9 Å². The second-order valence-electron chi connectivity index (χ2n) is 4.04. The average molecular weight is 325 g/mol. The predicted octanol–water partition coefficient (Wildman–Crippen LogP) is 3.09.